The van der Waals surface area contributed by atoms with E-state index in [9.17, 15) is 13.2 Å². The Hall–Kier alpha value is -2.75. The molecule has 1 amide bonds. The summed E-state index contributed by atoms with van der Waals surface area (Å²) in [6, 6.07) is 9.27. The van der Waals surface area contributed by atoms with E-state index in [0.29, 0.717) is 25.2 Å². The maximum absolute atomic E-state index is 12.9. The van der Waals surface area contributed by atoms with Crippen molar-refractivity contribution in [2.24, 2.45) is 0 Å². The van der Waals surface area contributed by atoms with Crippen molar-refractivity contribution in [1.82, 2.24) is 14.7 Å². The van der Waals surface area contributed by atoms with E-state index in [4.69, 9.17) is 0 Å². The van der Waals surface area contributed by atoms with E-state index in [1.165, 1.54) is 59.6 Å². The molecule has 0 bridgehead atoms. The maximum atomic E-state index is 12.9. The quantitative estimate of drug-likeness (QED) is 0.674. The number of carbonyl (C=O) groups is 1. The Morgan fingerprint density at radius 2 is 1.71 bits per heavy atom. The van der Waals surface area contributed by atoms with Crippen LogP contribution in [0.2, 0.25) is 0 Å². The molecule has 1 aromatic carbocycles. The Bertz CT molecular complexity index is 1150. The fraction of sp³-hybridized carbons (Fsp3) is 0.583. The first kappa shape index (κ1) is 23.0. The van der Waals surface area contributed by atoms with Crippen molar-refractivity contribution in [2.45, 2.75) is 57.5 Å². The van der Waals surface area contributed by atoms with Crippen molar-refractivity contribution < 1.29 is 13.2 Å². The number of sulfonamides is 1. The first-order valence-corrected chi connectivity index (χ1v) is 14.1. The Morgan fingerprint density at radius 3 is 2.35 bits per heavy atom. The van der Waals surface area contributed by atoms with Gasteiger partial charge in [0.1, 0.15) is 0 Å². The molecule has 2 aliphatic heterocycles. The van der Waals surface area contributed by atoms with Gasteiger partial charge in [0, 0.05) is 61.9 Å². The highest BCUT2D eigenvalue weighted by Crippen LogP contribution is 2.38. The van der Waals surface area contributed by atoms with Gasteiger partial charge in [0.05, 0.1) is 6.26 Å². The van der Waals surface area contributed by atoms with E-state index in [-0.39, 0.29) is 11.8 Å². The van der Waals surface area contributed by atoms with Crippen LogP contribution in [0.3, 0.4) is 0 Å². The number of hydrogen-bond acceptors (Lipinski definition) is 6. The summed E-state index contributed by atoms with van der Waals surface area (Å²) >= 11 is 0. The van der Waals surface area contributed by atoms with E-state index < -0.39 is 10.0 Å². The molecule has 0 radical (unpaired) electrons. The summed E-state index contributed by atoms with van der Waals surface area (Å²) in [5.41, 5.74) is 3.95. The highest BCUT2D eigenvalue weighted by atomic mass is 32.2. The summed E-state index contributed by atoms with van der Waals surface area (Å²) in [6.45, 7) is 5.79. The first-order chi connectivity index (χ1) is 16.3. The third-order valence-corrected chi connectivity index (χ3v) is 7.54. The maximum Gasteiger partial charge on any atom is 0.344 e. The van der Waals surface area contributed by atoms with Gasteiger partial charge < -0.3 is 14.7 Å². The number of nitrogens with zero attached hydrogens (tertiary/aromatic N) is 5. The number of aromatic nitrogens is 2. The van der Waals surface area contributed by atoms with E-state index in [0.717, 1.165) is 32.2 Å². The normalized spacial score (nSPS) is 19.5. The zero-order valence-corrected chi connectivity index (χ0v) is 20.8. The van der Waals surface area contributed by atoms with Crippen LogP contribution in [0.4, 0.5) is 22.0 Å². The van der Waals surface area contributed by atoms with Crippen LogP contribution >= 0.6 is 0 Å². The molecule has 2 saturated heterocycles. The minimum absolute atomic E-state index is 0.152. The van der Waals surface area contributed by atoms with Gasteiger partial charge in [-0.3, -0.25) is 4.72 Å². The molecule has 3 heterocycles. The number of anilines is 3. The summed E-state index contributed by atoms with van der Waals surface area (Å²) in [4.78, 5) is 19.9. The highest BCUT2D eigenvalue weighted by Gasteiger charge is 2.37. The molecule has 3 aliphatic rings. The van der Waals surface area contributed by atoms with Gasteiger partial charge in [0.2, 0.25) is 10.0 Å². The fourth-order valence-corrected chi connectivity index (χ4v) is 5.77. The molecule has 9 nitrogen and oxygen atoms in total. The average molecular weight is 487 g/mol. The van der Waals surface area contributed by atoms with Crippen LogP contribution in [0.5, 0.6) is 0 Å². The topological polar surface area (TPSA) is 90.8 Å². The van der Waals surface area contributed by atoms with E-state index in [1.807, 2.05) is 4.90 Å². The number of carbonyl (C=O) groups excluding carboxylic acids is 1. The molecule has 184 valence electrons. The Morgan fingerprint density at radius 1 is 1.03 bits per heavy atom. The monoisotopic (exact) mass is 486 g/mol. The van der Waals surface area contributed by atoms with Gasteiger partial charge in [-0.15, -0.1) is 5.10 Å². The zero-order chi connectivity index (χ0) is 23.9. The SMILES string of the molecule is Cc1cc(N2CCCC2)cc(N(C2CC2)C2CCN(C(=O)n3ccc(NS(C)(=O)=O)n3)CC2)c1. The molecule has 0 spiro atoms. The molecule has 34 heavy (non-hydrogen) atoms. The molecule has 5 rings (SSSR count). The molecule has 1 aliphatic carbocycles. The van der Waals surface area contributed by atoms with Crippen molar-refractivity contribution in [2.75, 3.05) is 47.0 Å². The average Bonchev–Trinajstić information content (AvgIpc) is 3.26. The standard InChI is InChI=1S/C24H34N6O3S/c1-18-15-21(27-10-3-4-11-27)17-22(16-18)30(19-5-6-19)20-7-12-28(13-8-20)24(31)29-14-9-23(25-29)26-34(2,32)33/h9,14-17,19-20H,3-8,10-13H2,1-2H3,(H,25,26). The minimum Gasteiger partial charge on any atom is -0.371 e. The molecule has 3 fully saturated rings. The number of amides is 1. The number of benzene rings is 1. The van der Waals surface area contributed by atoms with Crippen molar-refractivity contribution in [3.8, 4) is 0 Å². The van der Waals surface area contributed by atoms with Crippen LogP contribution in [0.25, 0.3) is 0 Å². The van der Waals surface area contributed by atoms with Crippen molar-refractivity contribution in [1.29, 1.82) is 0 Å². The Labute approximate surface area is 201 Å². The number of rotatable bonds is 6. The zero-order valence-electron chi connectivity index (χ0n) is 20.0. The molecule has 1 N–H and O–H groups in total. The highest BCUT2D eigenvalue weighted by molar-refractivity contribution is 7.92. The number of aryl methyl sites for hydroxylation is 1. The van der Waals surface area contributed by atoms with E-state index in [1.54, 1.807) is 0 Å². The van der Waals surface area contributed by atoms with Crippen LogP contribution in [0.1, 0.15) is 44.1 Å². The molecule has 1 aromatic heterocycles. The second kappa shape index (κ2) is 9.13. The smallest absolute Gasteiger partial charge is 0.344 e. The number of likely N-dealkylation sites (tertiary alicyclic amines) is 1. The second-order valence-electron chi connectivity index (χ2n) is 9.88. The fourth-order valence-electron chi connectivity index (χ4n) is 5.28. The summed E-state index contributed by atoms with van der Waals surface area (Å²) < 4.78 is 26.3. The lowest BCUT2D eigenvalue weighted by Gasteiger charge is -2.40. The third-order valence-electron chi connectivity index (χ3n) is 6.96. The van der Waals surface area contributed by atoms with Crippen LogP contribution in [-0.4, -0.2) is 73.6 Å². The van der Waals surface area contributed by atoms with E-state index in [2.05, 4.69) is 44.7 Å². The molecule has 2 aromatic rings. The van der Waals surface area contributed by atoms with Crippen LogP contribution in [-0.2, 0) is 10.0 Å². The summed E-state index contributed by atoms with van der Waals surface area (Å²) in [6.07, 6.45) is 9.38. The number of nitrogens with one attached hydrogen (secondary N) is 1. The molecular weight excluding hydrogens is 452 g/mol. The van der Waals surface area contributed by atoms with E-state index >= 15 is 0 Å². The second-order valence-corrected chi connectivity index (χ2v) is 11.6. The van der Waals surface area contributed by atoms with Gasteiger partial charge in [0.15, 0.2) is 5.82 Å². The van der Waals surface area contributed by atoms with Gasteiger partial charge in [-0.2, -0.15) is 4.68 Å². The lowest BCUT2D eigenvalue weighted by Crippen LogP contribution is -2.48. The molecular formula is C24H34N6O3S. The van der Waals surface area contributed by atoms with Crippen molar-refractivity contribution in [3.05, 3.63) is 36.0 Å². The molecule has 0 atom stereocenters. The summed E-state index contributed by atoms with van der Waals surface area (Å²) in [5.74, 6) is 0.152. The van der Waals surface area contributed by atoms with Gasteiger partial charge in [-0.25, -0.2) is 13.2 Å². The first-order valence-electron chi connectivity index (χ1n) is 12.2. The lowest BCUT2D eigenvalue weighted by atomic mass is 10.0. The van der Waals surface area contributed by atoms with Gasteiger partial charge in [-0.05, 0) is 69.2 Å². The largest absolute Gasteiger partial charge is 0.371 e. The Balaban J connectivity index is 1.26. The van der Waals surface area contributed by atoms with Crippen LogP contribution < -0.4 is 14.5 Å². The number of piperidine rings is 1. The molecule has 1 saturated carbocycles. The van der Waals surface area contributed by atoms with Crippen molar-refractivity contribution >= 4 is 33.2 Å². The van der Waals surface area contributed by atoms with Gasteiger partial charge >= 0.3 is 6.03 Å². The lowest BCUT2D eigenvalue weighted by molar-refractivity contribution is 0.179. The predicted octanol–water partition coefficient (Wildman–Crippen LogP) is 3.26. The van der Waals surface area contributed by atoms with Crippen LogP contribution in [0.15, 0.2) is 30.5 Å². The summed E-state index contributed by atoms with van der Waals surface area (Å²) in [5, 5.41) is 4.09. The van der Waals surface area contributed by atoms with Crippen molar-refractivity contribution in [3.63, 3.8) is 0 Å². The predicted molar refractivity (Wildman–Crippen MR) is 134 cm³/mol. The molecule has 10 heteroatoms. The third kappa shape index (κ3) is 5.16. The summed E-state index contributed by atoms with van der Waals surface area (Å²) in [7, 11) is -3.43. The van der Waals surface area contributed by atoms with Crippen LogP contribution in [0, 0.1) is 6.92 Å². The van der Waals surface area contributed by atoms with Gasteiger partial charge in [0.25, 0.3) is 0 Å². The minimum atomic E-state index is -3.43. The Kier molecular flexibility index (Phi) is 6.18. The molecule has 0 unspecified atom stereocenters. The number of hydrogen-bond donors (Lipinski definition) is 1. The van der Waals surface area contributed by atoms with Gasteiger partial charge in [-0.1, -0.05) is 0 Å².